The van der Waals surface area contributed by atoms with E-state index >= 15 is 0 Å². The summed E-state index contributed by atoms with van der Waals surface area (Å²) < 4.78 is 16.3. The summed E-state index contributed by atoms with van der Waals surface area (Å²) in [6.45, 7) is 3.56. The average molecular weight is 372 g/mol. The maximum absolute atomic E-state index is 5.86. The molecule has 134 valence electrons. The molecule has 1 fully saturated rings. The fraction of sp³-hybridized carbons (Fsp3) is 0.263. The number of anilines is 1. The highest BCUT2D eigenvalue weighted by atomic mass is 35.5. The van der Waals surface area contributed by atoms with Gasteiger partial charge in [0.1, 0.15) is 5.75 Å². The molecule has 0 saturated carbocycles. The molecule has 0 atom stereocenters. The molecule has 26 heavy (non-hydrogen) atoms. The van der Waals surface area contributed by atoms with E-state index < -0.39 is 0 Å². The molecular formula is C19H18ClN3O3. The summed E-state index contributed by atoms with van der Waals surface area (Å²) in [6.07, 6.45) is 0. The van der Waals surface area contributed by atoms with E-state index in [1.807, 2.05) is 12.1 Å². The molecule has 3 aromatic rings. The van der Waals surface area contributed by atoms with E-state index in [-0.39, 0.29) is 6.61 Å². The van der Waals surface area contributed by atoms with E-state index in [4.69, 9.17) is 25.6 Å². The molecule has 7 heteroatoms. The van der Waals surface area contributed by atoms with Crippen LogP contribution in [0.15, 0.2) is 53.1 Å². The van der Waals surface area contributed by atoms with Crippen molar-refractivity contribution in [3.63, 3.8) is 0 Å². The molecule has 2 aromatic carbocycles. The monoisotopic (exact) mass is 371 g/mol. The molecule has 1 saturated heterocycles. The maximum Gasteiger partial charge on any atom is 0.264 e. The number of hydrogen-bond acceptors (Lipinski definition) is 6. The van der Waals surface area contributed by atoms with Gasteiger partial charge >= 0.3 is 0 Å². The number of ether oxygens (including phenoxy) is 2. The van der Waals surface area contributed by atoms with Crippen molar-refractivity contribution in [2.24, 2.45) is 0 Å². The standard InChI is InChI=1S/C19H18ClN3O3/c20-15-3-7-17(8-4-15)25-13-18-21-19(22-26-18)14-1-5-16(6-2-14)23-9-11-24-12-10-23/h1-8H,9-13H2. The van der Waals surface area contributed by atoms with E-state index in [9.17, 15) is 0 Å². The van der Waals surface area contributed by atoms with Crippen molar-refractivity contribution >= 4 is 17.3 Å². The Hall–Kier alpha value is -2.57. The largest absolute Gasteiger partial charge is 0.484 e. The van der Waals surface area contributed by atoms with E-state index in [2.05, 4.69) is 27.2 Å². The van der Waals surface area contributed by atoms with Crippen LogP contribution < -0.4 is 9.64 Å². The summed E-state index contributed by atoms with van der Waals surface area (Å²) in [5, 5.41) is 4.70. The van der Waals surface area contributed by atoms with Gasteiger partial charge in [-0.05, 0) is 48.5 Å². The van der Waals surface area contributed by atoms with Crippen molar-refractivity contribution in [3.8, 4) is 17.1 Å². The van der Waals surface area contributed by atoms with Gasteiger partial charge in [0.05, 0.1) is 13.2 Å². The van der Waals surface area contributed by atoms with Gasteiger partial charge in [0, 0.05) is 29.4 Å². The first-order valence-electron chi connectivity index (χ1n) is 8.42. The zero-order chi connectivity index (χ0) is 17.8. The van der Waals surface area contributed by atoms with Gasteiger partial charge in [-0.15, -0.1) is 0 Å². The highest BCUT2D eigenvalue weighted by Crippen LogP contribution is 2.22. The second kappa shape index (κ2) is 7.76. The van der Waals surface area contributed by atoms with Crippen LogP contribution in [-0.2, 0) is 11.3 Å². The summed E-state index contributed by atoms with van der Waals surface area (Å²) in [5.41, 5.74) is 2.08. The Morgan fingerprint density at radius 1 is 1.00 bits per heavy atom. The molecule has 1 aromatic heterocycles. The Morgan fingerprint density at radius 3 is 2.46 bits per heavy atom. The summed E-state index contributed by atoms with van der Waals surface area (Å²) in [6, 6.07) is 15.3. The van der Waals surface area contributed by atoms with E-state index in [0.29, 0.717) is 22.5 Å². The molecule has 0 amide bonds. The lowest BCUT2D eigenvalue weighted by Crippen LogP contribution is -2.36. The predicted molar refractivity (Wildman–Crippen MR) is 98.6 cm³/mol. The van der Waals surface area contributed by atoms with Crippen molar-refractivity contribution in [2.45, 2.75) is 6.61 Å². The summed E-state index contributed by atoms with van der Waals surface area (Å²) in [5.74, 6) is 1.67. The number of hydrogen-bond donors (Lipinski definition) is 0. The summed E-state index contributed by atoms with van der Waals surface area (Å²) in [4.78, 5) is 6.69. The number of rotatable bonds is 5. The molecule has 6 nitrogen and oxygen atoms in total. The van der Waals surface area contributed by atoms with Crippen LogP contribution in [0.2, 0.25) is 5.02 Å². The van der Waals surface area contributed by atoms with Crippen molar-refractivity contribution in [2.75, 3.05) is 31.2 Å². The van der Waals surface area contributed by atoms with Gasteiger partial charge in [-0.2, -0.15) is 4.98 Å². The molecule has 1 aliphatic rings. The third-order valence-electron chi connectivity index (χ3n) is 4.15. The van der Waals surface area contributed by atoms with Crippen molar-refractivity contribution in [3.05, 3.63) is 59.4 Å². The Morgan fingerprint density at radius 2 is 1.73 bits per heavy atom. The Labute approximate surface area is 156 Å². The molecule has 0 unspecified atom stereocenters. The van der Waals surface area contributed by atoms with Crippen LogP contribution in [0.4, 0.5) is 5.69 Å². The number of aromatic nitrogens is 2. The minimum Gasteiger partial charge on any atom is -0.484 e. The average Bonchev–Trinajstić information content (AvgIpc) is 3.17. The molecule has 0 radical (unpaired) electrons. The maximum atomic E-state index is 5.86. The van der Waals surface area contributed by atoms with Gasteiger partial charge in [-0.3, -0.25) is 0 Å². The lowest BCUT2D eigenvalue weighted by Gasteiger charge is -2.28. The number of nitrogens with zero attached hydrogens (tertiary/aromatic N) is 3. The third-order valence-corrected chi connectivity index (χ3v) is 4.40. The normalized spacial score (nSPS) is 14.4. The van der Waals surface area contributed by atoms with E-state index in [1.54, 1.807) is 24.3 Å². The van der Waals surface area contributed by atoms with Gasteiger partial charge < -0.3 is 18.9 Å². The highest BCUT2D eigenvalue weighted by Gasteiger charge is 2.13. The zero-order valence-corrected chi connectivity index (χ0v) is 14.9. The van der Waals surface area contributed by atoms with Crippen molar-refractivity contribution < 1.29 is 14.0 Å². The second-order valence-corrected chi connectivity index (χ2v) is 6.34. The summed E-state index contributed by atoms with van der Waals surface area (Å²) >= 11 is 5.86. The number of morpholine rings is 1. The van der Waals surface area contributed by atoms with Crippen LogP contribution in [0.25, 0.3) is 11.4 Å². The Bertz CT molecular complexity index is 843. The number of halogens is 1. The molecular weight excluding hydrogens is 354 g/mol. The molecule has 0 bridgehead atoms. The van der Waals surface area contributed by atoms with Gasteiger partial charge in [-0.1, -0.05) is 16.8 Å². The van der Waals surface area contributed by atoms with Gasteiger partial charge in [-0.25, -0.2) is 0 Å². The van der Waals surface area contributed by atoms with Crippen LogP contribution >= 0.6 is 11.6 Å². The number of benzene rings is 2. The smallest absolute Gasteiger partial charge is 0.264 e. The van der Waals surface area contributed by atoms with Crippen LogP contribution in [0.3, 0.4) is 0 Å². The molecule has 0 N–H and O–H groups in total. The zero-order valence-electron chi connectivity index (χ0n) is 14.1. The molecule has 2 heterocycles. The minimum absolute atomic E-state index is 0.209. The quantitative estimate of drug-likeness (QED) is 0.679. The lowest BCUT2D eigenvalue weighted by molar-refractivity contribution is 0.122. The van der Waals surface area contributed by atoms with Crippen molar-refractivity contribution in [1.29, 1.82) is 0 Å². The Kier molecular flexibility index (Phi) is 5.04. The minimum atomic E-state index is 0.209. The lowest BCUT2D eigenvalue weighted by atomic mass is 10.2. The topological polar surface area (TPSA) is 60.6 Å². The molecule has 0 spiro atoms. The Balaban J connectivity index is 1.39. The molecule has 1 aliphatic heterocycles. The molecule has 0 aliphatic carbocycles. The SMILES string of the molecule is Clc1ccc(OCc2nc(-c3ccc(N4CCOCC4)cc3)no2)cc1. The van der Waals surface area contributed by atoms with E-state index in [1.165, 1.54) is 5.69 Å². The van der Waals surface area contributed by atoms with Crippen LogP contribution in [-0.4, -0.2) is 36.4 Å². The first-order chi connectivity index (χ1) is 12.8. The van der Waals surface area contributed by atoms with Crippen LogP contribution in [0.1, 0.15) is 5.89 Å². The van der Waals surface area contributed by atoms with Crippen LogP contribution in [0, 0.1) is 0 Å². The first-order valence-corrected chi connectivity index (χ1v) is 8.80. The van der Waals surface area contributed by atoms with Crippen molar-refractivity contribution in [1.82, 2.24) is 10.1 Å². The molecule has 4 rings (SSSR count). The van der Waals surface area contributed by atoms with E-state index in [0.717, 1.165) is 31.9 Å². The predicted octanol–water partition coefficient (Wildman–Crippen LogP) is 3.81. The first kappa shape index (κ1) is 16.9. The fourth-order valence-corrected chi connectivity index (χ4v) is 2.88. The fourth-order valence-electron chi connectivity index (χ4n) is 2.75. The van der Waals surface area contributed by atoms with Gasteiger partial charge in [0.15, 0.2) is 6.61 Å². The highest BCUT2D eigenvalue weighted by molar-refractivity contribution is 6.30. The van der Waals surface area contributed by atoms with Crippen LogP contribution in [0.5, 0.6) is 5.75 Å². The van der Waals surface area contributed by atoms with Gasteiger partial charge in [0.25, 0.3) is 5.89 Å². The third kappa shape index (κ3) is 3.98. The van der Waals surface area contributed by atoms with Gasteiger partial charge in [0.2, 0.25) is 5.82 Å². The second-order valence-electron chi connectivity index (χ2n) is 5.90. The summed E-state index contributed by atoms with van der Waals surface area (Å²) in [7, 11) is 0.